The van der Waals surface area contributed by atoms with Crippen LogP contribution in [0.3, 0.4) is 0 Å². The standard InChI is InChI=1S/C19H29N3O2/c23-19(20-10-7-13-22-11-5-1-2-6-12-22)21-17-14-16-8-3-4-9-18(16)24-15-17/h3-4,8-9,17H,1-2,5-7,10-15H2,(H2,20,21,23). The van der Waals surface area contributed by atoms with E-state index in [0.29, 0.717) is 6.61 Å². The second-order valence-electron chi connectivity index (χ2n) is 6.83. The number of carbonyl (C=O) groups excluding carboxylic acids is 1. The van der Waals surface area contributed by atoms with E-state index in [1.807, 2.05) is 18.2 Å². The summed E-state index contributed by atoms with van der Waals surface area (Å²) in [6.45, 7) is 4.78. The molecular formula is C19H29N3O2. The largest absolute Gasteiger partial charge is 0.491 e. The molecule has 2 N–H and O–H groups in total. The van der Waals surface area contributed by atoms with Crippen molar-refractivity contribution in [2.45, 2.75) is 44.6 Å². The van der Waals surface area contributed by atoms with Gasteiger partial charge in [-0.05, 0) is 56.9 Å². The number of hydrogen-bond acceptors (Lipinski definition) is 3. The van der Waals surface area contributed by atoms with Crippen molar-refractivity contribution in [3.63, 3.8) is 0 Å². The minimum absolute atomic E-state index is 0.0468. The van der Waals surface area contributed by atoms with Crippen LogP contribution in [0, 0.1) is 0 Å². The van der Waals surface area contributed by atoms with E-state index in [4.69, 9.17) is 4.74 Å². The smallest absolute Gasteiger partial charge is 0.315 e. The first-order valence-corrected chi connectivity index (χ1v) is 9.29. The average Bonchev–Trinajstić information content (AvgIpc) is 2.87. The van der Waals surface area contributed by atoms with Gasteiger partial charge in [0.2, 0.25) is 0 Å². The van der Waals surface area contributed by atoms with Crippen molar-refractivity contribution in [2.75, 3.05) is 32.8 Å². The van der Waals surface area contributed by atoms with Crippen LogP contribution in [0.25, 0.3) is 0 Å². The van der Waals surface area contributed by atoms with Gasteiger partial charge in [-0.3, -0.25) is 0 Å². The number of ether oxygens (including phenoxy) is 1. The Morgan fingerprint density at radius 1 is 1.17 bits per heavy atom. The maximum atomic E-state index is 12.0. The van der Waals surface area contributed by atoms with Crippen molar-refractivity contribution in [3.05, 3.63) is 29.8 Å². The molecule has 0 aromatic heterocycles. The fourth-order valence-corrected chi connectivity index (χ4v) is 3.52. The van der Waals surface area contributed by atoms with Gasteiger partial charge in [0.25, 0.3) is 0 Å². The summed E-state index contributed by atoms with van der Waals surface area (Å²) in [5.74, 6) is 0.938. The predicted octanol–water partition coefficient (Wildman–Crippen LogP) is 2.56. The zero-order chi connectivity index (χ0) is 16.6. The third kappa shape index (κ3) is 5.13. The molecule has 1 unspecified atom stereocenters. The molecule has 1 saturated heterocycles. The van der Waals surface area contributed by atoms with E-state index in [1.54, 1.807) is 0 Å². The summed E-state index contributed by atoms with van der Waals surface area (Å²) in [4.78, 5) is 14.6. The van der Waals surface area contributed by atoms with Gasteiger partial charge in [0.1, 0.15) is 12.4 Å². The van der Waals surface area contributed by atoms with Gasteiger partial charge < -0.3 is 20.3 Å². The number of rotatable bonds is 5. The van der Waals surface area contributed by atoms with E-state index in [9.17, 15) is 4.79 Å². The van der Waals surface area contributed by atoms with Crippen LogP contribution in [-0.4, -0.2) is 49.8 Å². The van der Waals surface area contributed by atoms with Crippen LogP contribution in [0.15, 0.2) is 24.3 Å². The van der Waals surface area contributed by atoms with Crippen molar-refractivity contribution in [2.24, 2.45) is 0 Å². The second-order valence-corrected chi connectivity index (χ2v) is 6.83. The number of nitrogens with one attached hydrogen (secondary N) is 2. The zero-order valence-electron chi connectivity index (χ0n) is 14.4. The summed E-state index contributed by atoms with van der Waals surface area (Å²) in [5, 5.41) is 6.00. The van der Waals surface area contributed by atoms with Crippen LogP contribution < -0.4 is 15.4 Å². The Morgan fingerprint density at radius 2 is 1.96 bits per heavy atom. The summed E-state index contributed by atoms with van der Waals surface area (Å²) < 4.78 is 5.70. The Balaban J connectivity index is 1.31. The first kappa shape index (κ1) is 17.1. The second kappa shape index (κ2) is 8.92. The number of carbonyl (C=O) groups is 1. The van der Waals surface area contributed by atoms with Crippen molar-refractivity contribution in [1.82, 2.24) is 15.5 Å². The Hall–Kier alpha value is -1.75. The highest BCUT2D eigenvalue weighted by molar-refractivity contribution is 5.74. The molecule has 1 atom stereocenters. The summed E-state index contributed by atoms with van der Waals surface area (Å²) >= 11 is 0. The normalized spacial score (nSPS) is 21.2. The number of hydrogen-bond donors (Lipinski definition) is 2. The summed E-state index contributed by atoms with van der Waals surface area (Å²) in [6.07, 6.45) is 7.20. The number of benzene rings is 1. The van der Waals surface area contributed by atoms with E-state index in [2.05, 4.69) is 21.6 Å². The average molecular weight is 331 g/mol. The quantitative estimate of drug-likeness (QED) is 0.815. The Labute approximate surface area is 144 Å². The van der Waals surface area contributed by atoms with Crippen molar-refractivity contribution >= 4 is 6.03 Å². The lowest BCUT2D eigenvalue weighted by atomic mass is 10.0. The molecule has 1 aromatic carbocycles. The van der Waals surface area contributed by atoms with Gasteiger partial charge in [0.15, 0.2) is 0 Å². The number of amides is 2. The van der Waals surface area contributed by atoms with Crippen LogP contribution in [0.4, 0.5) is 4.79 Å². The number of nitrogens with zero attached hydrogens (tertiary/aromatic N) is 1. The number of likely N-dealkylation sites (tertiary alicyclic amines) is 1. The lowest BCUT2D eigenvalue weighted by Gasteiger charge is -2.26. The number of para-hydroxylation sites is 1. The molecule has 132 valence electrons. The third-order valence-electron chi connectivity index (χ3n) is 4.85. The lowest BCUT2D eigenvalue weighted by Crippen LogP contribution is -2.47. The molecule has 1 fully saturated rings. The van der Waals surface area contributed by atoms with Gasteiger partial charge in [-0.15, -0.1) is 0 Å². The van der Waals surface area contributed by atoms with Crippen LogP contribution in [-0.2, 0) is 6.42 Å². The molecule has 0 bridgehead atoms. The molecule has 2 amide bonds. The minimum Gasteiger partial charge on any atom is -0.491 e. The molecule has 0 aliphatic carbocycles. The van der Waals surface area contributed by atoms with Crippen LogP contribution in [0.2, 0.25) is 0 Å². The molecule has 0 radical (unpaired) electrons. The molecular weight excluding hydrogens is 302 g/mol. The summed E-state index contributed by atoms with van der Waals surface area (Å²) in [6, 6.07) is 7.98. The van der Waals surface area contributed by atoms with E-state index < -0.39 is 0 Å². The molecule has 1 aromatic rings. The molecule has 2 heterocycles. The zero-order valence-corrected chi connectivity index (χ0v) is 14.4. The highest BCUT2D eigenvalue weighted by Crippen LogP contribution is 2.23. The van der Waals surface area contributed by atoms with E-state index in [-0.39, 0.29) is 12.1 Å². The van der Waals surface area contributed by atoms with E-state index in [1.165, 1.54) is 38.8 Å². The fourth-order valence-electron chi connectivity index (χ4n) is 3.52. The van der Waals surface area contributed by atoms with Gasteiger partial charge in [-0.1, -0.05) is 31.0 Å². The Kier molecular flexibility index (Phi) is 6.35. The van der Waals surface area contributed by atoms with Crippen molar-refractivity contribution in [3.8, 4) is 5.75 Å². The lowest BCUT2D eigenvalue weighted by molar-refractivity contribution is 0.213. The molecule has 24 heavy (non-hydrogen) atoms. The molecule has 5 nitrogen and oxygen atoms in total. The molecule has 0 spiro atoms. The van der Waals surface area contributed by atoms with Gasteiger partial charge >= 0.3 is 6.03 Å². The van der Waals surface area contributed by atoms with Crippen LogP contribution >= 0.6 is 0 Å². The van der Waals surface area contributed by atoms with Crippen LogP contribution in [0.5, 0.6) is 5.75 Å². The first-order valence-electron chi connectivity index (χ1n) is 9.29. The summed E-state index contributed by atoms with van der Waals surface area (Å²) in [5.41, 5.74) is 1.16. The van der Waals surface area contributed by atoms with E-state index >= 15 is 0 Å². The maximum Gasteiger partial charge on any atom is 0.315 e. The number of urea groups is 1. The first-order chi connectivity index (χ1) is 11.8. The highest BCUT2D eigenvalue weighted by Gasteiger charge is 2.20. The third-order valence-corrected chi connectivity index (χ3v) is 4.85. The van der Waals surface area contributed by atoms with Gasteiger partial charge in [-0.2, -0.15) is 0 Å². The minimum atomic E-state index is -0.0844. The van der Waals surface area contributed by atoms with Gasteiger partial charge in [0, 0.05) is 6.54 Å². The molecule has 0 saturated carbocycles. The highest BCUT2D eigenvalue weighted by atomic mass is 16.5. The SMILES string of the molecule is O=C(NCCCN1CCCCCC1)NC1COc2ccccc2C1. The van der Waals surface area contributed by atoms with Crippen molar-refractivity contribution < 1.29 is 9.53 Å². The molecule has 5 heteroatoms. The van der Waals surface area contributed by atoms with Gasteiger partial charge in [-0.25, -0.2) is 4.79 Å². The maximum absolute atomic E-state index is 12.0. The Morgan fingerprint density at radius 3 is 2.79 bits per heavy atom. The topological polar surface area (TPSA) is 53.6 Å². The predicted molar refractivity (Wildman–Crippen MR) is 95.5 cm³/mol. The van der Waals surface area contributed by atoms with E-state index in [0.717, 1.165) is 37.2 Å². The Bertz CT molecular complexity index is 527. The van der Waals surface area contributed by atoms with Crippen molar-refractivity contribution in [1.29, 1.82) is 0 Å². The summed E-state index contributed by atoms with van der Waals surface area (Å²) in [7, 11) is 0. The molecule has 3 rings (SSSR count). The van der Waals surface area contributed by atoms with Gasteiger partial charge in [0.05, 0.1) is 6.04 Å². The molecule has 2 aliphatic heterocycles. The monoisotopic (exact) mass is 331 g/mol. The molecule has 2 aliphatic rings. The van der Waals surface area contributed by atoms with Crippen LogP contribution in [0.1, 0.15) is 37.7 Å². The number of fused-ring (bicyclic) bond motifs is 1. The fraction of sp³-hybridized carbons (Fsp3) is 0.632.